The van der Waals surface area contributed by atoms with E-state index in [1.54, 1.807) is 24.1 Å². The van der Waals surface area contributed by atoms with Crippen molar-refractivity contribution in [2.75, 3.05) is 20.2 Å². The minimum atomic E-state index is -0.302. The molecule has 3 aromatic rings. The fourth-order valence-electron chi connectivity index (χ4n) is 3.07. The molecular weight excluding hydrogens is 343 g/mol. The zero-order valence-corrected chi connectivity index (χ0v) is 15.8. The monoisotopic (exact) mass is 366 g/mol. The molecule has 1 amide bonds. The summed E-state index contributed by atoms with van der Waals surface area (Å²) in [7, 11) is 1.76. The molecule has 0 aliphatic rings. The van der Waals surface area contributed by atoms with Crippen LogP contribution in [0.5, 0.6) is 5.75 Å². The maximum Gasteiger partial charge on any atom is 0.226 e. The van der Waals surface area contributed by atoms with Gasteiger partial charge in [-0.2, -0.15) is 0 Å². The Hall–Kier alpha value is -2.95. The van der Waals surface area contributed by atoms with Crippen molar-refractivity contribution in [3.05, 3.63) is 71.2 Å². The number of amides is 1. The zero-order chi connectivity index (χ0) is 19.4. The van der Waals surface area contributed by atoms with Gasteiger partial charge in [-0.15, -0.1) is 0 Å². The van der Waals surface area contributed by atoms with Gasteiger partial charge in [0.05, 0.1) is 18.5 Å². The number of aromatic nitrogens is 1. The van der Waals surface area contributed by atoms with Gasteiger partial charge in [0, 0.05) is 18.1 Å². The number of halogens is 1. The largest absolute Gasteiger partial charge is 0.492 e. The lowest BCUT2D eigenvalue weighted by atomic mass is 9.99. The molecular formula is C22H23FN2O2. The van der Waals surface area contributed by atoms with Crippen molar-refractivity contribution in [3.63, 3.8) is 0 Å². The Bertz CT molecular complexity index is 954. The Morgan fingerprint density at radius 2 is 1.81 bits per heavy atom. The minimum Gasteiger partial charge on any atom is -0.492 e. The molecule has 0 radical (unpaired) electrons. The molecule has 4 nitrogen and oxygen atoms in total. The number of aryl methyl sites for hydroxylation is 2. The quantitative estimate of drug-likeness (QED) is 0.660. The minimum absolute atomic E-state index is 0.0148. The fraction of sp³-hybridized carbons (Fsp3) is 0.273. The Balaban J connectivity index is 1.62. The smallest absolute Gasteiger partial charge is 0.226 e. The second-order valence-corrected chi connectivity index (χ2v) is 6.61. The van der Waals surface area contributed by atoms with Gasteiger partial charge in [0.1, 0.15) is 18.2 Å². The molecule has 0 saturated heterocycles. The first-order valence-corrected chi connectivity index (χ1v) is 8.93. The van der Waals surface area contributed by atoms with Crippen LogP contribution < -0.4 is 4.74 Å². The molecule has 3 rings (SSSR count). The van der Waals surface area contributed by atoms with Crippen LogP contribution in [0.2, 0.25) is 0 Å². The topological polar surface area (TPSA) is 42.4 Å². The zero-order valence-electron chi connectivity index (χ0n) is 15.8. The van der Waals surface area contributed by atoms with Crippen molar-refractivity contribution in [2.45, 2.75) is 20.3 Å². The molecule has 27 heavy (non-hydrogen) atoms. The van der Waals surface area contributed by atoms with Crippen LogP contribution in [0.15, 0.2) is 48.5 Å². The summed E-state index contributed by atoms with van der Waals surface area (Å²) < 4.78 is 18.5. The third kappa shape index (κ3) is 4.42. The summed E-state index contributed by atoms with van der Waals surface area (Å²) in [4.78, 5) is 18.9. The van der Waals surface area contributed by atoms with Gasteiger partial charge in [-0.1, -0.05) is 18.2 Å². The molecule has 0 saturated carbocycles. The first kappa shape index (κ1) is 18.8. The van der Waals surface area contributed by atoms with Gasteiger partial charge < -0.3 is 9.64 Å². The standard InChI is InChI=1S/C22H23FN2O2/c1-15-19-6-4-5-7-21(19)24-16(2)20(15)14-22(26)25(3)12-13-27-18-10-8-17(23)9-11-18/h4-11H,12-14H2,1-3H3. The maximum atomic E-state index is 12.9. The van der Waals surface area contributed by atoms with Gasteiger partial charge in [-0.25, -0.2) is 4.39 Å². The molecule has 2 aromatic carbocycles. The Morgan fingerprint density at radius 3 is 2.56 bits per heavy atom. The number of pyridine rings is 1. The summed E-state index contributed by atoms with van der Waals surface area (Å²) in [5, 5.41) is 1.08. The molecule has 0 bridgehead atoms. The summed E-state index contributed by atoms with van der Waals surface area (Å²) >= 11 is 0. The van der Waals surface area contributed by atoms with E-state index >= 15 is 0 Å². The Labute approximate surface area is 158 Å². The van der Waals surface area contributed by atoms with Crippen molar-refractivity contribution in [1.29, 1.82) is 0 Å². The highest BCUT2D eigenvalue weighted by Gasteiger charge is 2.15. The SMILES string of the molecule is Cc1nc2ccccc2c(C)c1CC(=O)N(C)CCOc1ccc(F)cc1. The highest BCUT2D eigenvalue weighted by molar-refractivity contribution is 5.86. The Morgan fingerprint density at radius 1 is 1.11 bits per heavy atom. The molecule has 0 aliphatic carbocycles. The van der Waals surface area contributed by atoms with Crippen LogP contribution in [0, 0.1) is 19.7 Å². The number of likely N-dealkylation sites (N-methyl/N-ethyl adjacent to an activating group) is 1. The van der Waals surface area contributed by atoms with E-state index in [9.17, 15) is 9.18 Å². The highest BCUT2D eigenvalue weighted by Crippen LogP contribution is 2.23. The van der Waals surface area contributed by atoms with Crippen LogP contribution >= 0.6 is 0 Å². The number of para-hydroxylation sites is 1. The van der Waals surface area contributed by atoms with Crippen LogP contribution in [-0.4, -0.2) is 36.0 Å². The molecule has 0 spiro atoms. The second-order valence-electron chi connectivity index (χ2n) is 6.61. The van der Waals surface area contributed by atoms with Crippen LogP contribution in [0.1, 0.15) is 16.8 Å². The number of benzene rings is 2. The predicted octanol–water partition coefficient (Wildman–Crippen LogP) is 4.07. The van der Waals surface area contributed by atoms with Crippen molar-refractivity contribution in [2.24, 2.45) is 0 Å². The molecule has 1 aromatic heterocycles. The number of rotatable bonds is 6. The number of hydrogen-bond acceptors (Lipinski definition) is 3. The number of carbonyl (C=O) groups excluding carboxylic acids is 1. The predicted molar refractivity (Wildman–Crippen MR) is 104 cm³/mol. The lowest BCUT2D eigenvalue weighted by Crippen LogP contribution is -2.32. The van der Waals surface area contributed by atoms with E-state index < -0.39 is 0 Å². The summed E-state index contributed by atoms with van der Waals surface area (Å²) in [6, 6.07) is 13.8. The highest BCUT2D eigenvalue weighted by atomic mass is 19.1. The lowest BCUT2D eigenvalue weighted by molar-refractivity contribution is -0.129. The number of ether oxygens (including phenoxy) is 1. The van der Waals surface area contributed by atoms with Crippen molar-refractivity contribution in [1.82, 2.24) is 9.88 Å². The normalized spacial score (nSPS) is 10.8. The molecule has 0 atom stereocenters. The van der Waals surface area contributed by atoms with Gasteiger partial charge in [0.25, 0.3) is 0 Å². The molecule has 5 heteroatoms. The van der Waals surface area contributed by atoms with E-state index in [2.05, 4.69) is 4.98 Å². The van der Waals surface area contributed by atoms with Crippen LogP contribution in [0.25, 0.3) is 10.9 Å². The van der Waals surface area contributed by atoms with Gasteiger partial charge >= 0.3 is 0 Å². The summed E-state index contributed by atoms with van der Waals surface area (Å²) in [5.41, 5.74) is 3.91. The first-order chi connectivity index (χ1) is 13.0. The fourth-order valence-corrected chi connectivity index (χ4v) is 3.07. The molecule has 0 fully saturated rings. The third-order valence-corrected chi connectivity index (χ3v) is 4.75. The molecule has 0 unspecified atom stereocenters. The van der Waals surface area contributed by atoms with Gasteiger partial charge in [-0.3, -0.25) is 9.78 Å². The van der Waals surface area contributed by atoms with Crippen LogP contribution in [-0.2, 0) is 11.2 Å². The van der Waals surface area contributed by atoms with Gasteiger partial charge in [0.2, 0.25) is 5.91 Å². The third-order valence-electron chi connectivity index (χ3n) is 4.75. The summed E-state index contributed by atoms with van der Waals surface area (Å²) in [6.07, 6.45) is 0.308. The van der Waals surface area contributed by atoms with Crippen molar-refractivity contribution in [3.8, 4) is 5.75 Å². The lowest BCUT2D eigenvalue weighted by Gasteiger charge is -2.19. The van der Waals surface area contributed by atoms with E-state index in [0.717, 1.165) is 27.7 Å². The van der Waals surface area contributed by atoms with Crippen LogP contribution in [0.3, 0.4) is 0 Å². The molecule has 0 aliphatic heterocycles. The van der Waals surface area contributed by atoms with Crippen LogP contribution in [0.4, 0.5) is 4.39 Å². The second kappa shape index (κ2) is 8.16. The summed E-state index contributed by atoms with van der Waals surface area (Å²) in [5.74, 6) is 0.299. The van der Waals surface area contributed by atoms with E-state index in [0.29, 0.717) is 25.3 Å². The number of carbonyl (C=O) groups is 1. The number of nitrogens with zero attached hydrogens (tertiary/aromatic N) is 2. The average Bonchev–Trinajstić information content (AvgIpc) is 2.66. The van der Waals surface area contributed by atoms with Gasteiger partial charge in [-0.05, 0) is 55.3 Å². The molecule has 140 valence electrons. The molecule has 0 N–H and O–H groups in total. The van der Waals surface area contributed by atoms with Crippen molar-refractivity contribution >= 4 is 16.8 Å². The maximum absolute atomic E-state index is 12.9. The summed E-state index contributed by atoms with van der Waals surface area (Å²) in [6.45, 7) is 4.79. The van der Waals surface area contributed by atoms with E-state index in [-0.39, 0.29) is 11.7 Å². The van der Waals surface area contributed by atoms with E-state index in [1.807, 2.05) is 38.1 Å². The first-order valence-electron chi connectivity index (χ1n) is 8.93. The van der Waals surface area contributed by atoms with E-state index in [4.69, 9.17) is 4.74 Å². The average molecular weight is 366 g/mol. The number of fused-ring (bicyclic) bond motifs is 1. The van der Waals surface area contributed by atoms with Gasteiger partial charge in [0.15, 0.2) is 0 Å². The van der Waals surface area contributed by atoms with E-state index in [1.165, 1.54) is 12.1 Å². The number of hydrogen-bond donors (Lipinski definition) is 0. The Kier molecular flexibility index (Phi) is 5.69. The molecule has 1 heterocycles. The van der Waals surface area contributed by atoms with Crippen molar-refractivity contribution < 1.29 is 13.9 Å².